The molecule has 3 rings (SSSR count). The number of hydrogen-bond acceptors (Lipinski definition) is 5. The fourth-order valence-corrected chi connectivity index (χ4v) is 2.62. The van der Waals surface area contributed by atoms with Gasteiger partial charge in [-0.25, -0.2) is 4.98 Å². The van der Waals surface area contributed by atoms with E-state index in [1.54, 1.807) is 18.2 Å². The maximum atomic E-state index is 12.6. The molecule has 0 fully saturated rings. The minimum absolute atomic E-state index is 0.153. The van der Waals surface area contributed by atoms with Crippen molar-refractivity contribution in [2.24, 2.45) is 0 Å². The molecule has 0 saturated heterocycles. The van der Waals surface area contributed by atoms with Gasteiger partial charge in [-0.15, -0.1) is 0 Å². The molecule has 1 heterocycles. The van der Waals surface area contributed by atoms with E-state index in [0.717, 1.165) is 0 Å². The van der Waals surface area contributed by atoms with Crippen LogP contribution in [-0.2, 0) is 6.54 Å². The molecule has 0 bridgehead atoms. The second-order valence-corrected chi connectivity index (χ2v) is 5.53. The molecule has 3 aromatic rings. The van der Waals surface area contributed by atoms with Gasteiger partial charge in [0.05, 0.1) is 35.8 Å². The Hall–Kier alpha value is -2.93. The molecule has 0 aliphatic carbocycles. The van der Waals surface area contributed by atoms with E-state index in [2.05, 4.69) is 4.98 Å². The zero-order valence-electron chi connectivity index (χ0n) is 12.6. The fraction of sp³-hybridized carbons (Fsp3) is 0.125. The maximum Gasteiger partial charge on any atom is 0.270 e. The molecular formula is C16H12ClN3O4. The van der Waals surface area contributed by atoms with E-state index in [9.17, 15) is 14.9 Å². The summed E-state index contributed by atoms with van der Waals surface area (Å²) in [6.45, 7) is 0.189. The van der Waals surface area contributed by atoms with Crippen LogP contribution < -0.4 is 10.3 Å². The summed E-state index contributed by atoms with van der Waals surface area (Å²) in [5.41, 5.74) is 0.587. The maximum absolute atomic E-state index is 12.6. The average molecular weight is 346 g/mol. The number of methoxy groups -OCH3 is 1. The van der Waals surface area contributed by atoms with Crippen molar-refractivity contribution in [3.8, 4) is 5.75 Å². The lowest BCUT2D eigenvalue weighted by Crippen LogP contribution is -2.21. The van der Waals surface area contributed by atoms with Crippen molar-refractivity contribution >= 4 is 28.2 Å². The van der Waals surface area contributed by atoms with Crippen molar-refractivity contribution in [3.05, 3.63) is 73.8 Å². The summed E-state index contributed by atoms with van der Waals surface area (Å²) in [7, 11) is 1.53. The van der Waals surface area contributed by atoms with Gasteiger partial charge in [-0.1, -0.05) is 11.6 Å². The Kier molecular flexibility index (Phi) is 4.18. The van der Waals surface area contributed by atoms with Gasteiger partial charge in [-0.2, -0.15) is 0 Å². The number of benzene rings is 2. The van der Waals surface area contributed by atoms with Crippen molar-refractivity contribution < 1.29 is 9.66 Å². The lowest BCUT2D eigenvalue weighted by Gasteiger charge is -2.11. The first-order chi connectivity index (χ1) is 11.5. The van der Waals surface area contributed by atoms with E-state index in [-0.39, 0.29) is 23.2 Å². The van der Waals surface area contributed by atoms with Gasteiger partial charge in [0.1, 0.15) is 5.75 Å². The van der Waals surface area contributed by atoms with Crippen molar-refractivity contribution in [1.29, 1.82) is 0 Å². The highest BCUT2D eigenvalue weighted by Gasteiger charge is 2.12. The predicted octanol–water partition coefficient (Wildman–Crippen LogP) is 3.02. The van der Waals surface area contributed by atoms with Crippen LogP contribution in [0, 0.1) is 10.1 Å². The lowest BCUT2D eigenvalue weighted by atomic mass is 10.2. The van der Waals surface area contributed by atoms with Gasteiger partial charge in [0.25, 0.3) is 11.2 Å². The van der Waals surface area contributed by atoms with Gasteiger partial charge in [0.2, 0.25) is 0 Å². The Morgan fingerprint density at radius 2 is 2.08 bits per heavy atom. The van der Waals surface area contributed by atoms with Gasteiger partial charge >= 0.3 is 0 Å². The van der Waals surface area contributed by atoms with Crippen molar-refractivity contribution in [3.63, 3.8) is 0 Å². The molecule has 0 unspecified atom stereocenters. The zero-order chi connectivity index (χ0) is 17.3. The quantitative estimate of drug-likeness (QED) is 0.535. The van der Waals surface area contributed by atoms with Crippen LogP contribution in [0.4, 0.5) is 5.69 Å². The molecular weight excluding hydrogens is 334 g/mol. The number of hydrogen-bond donors (Lipinski definition) is 0. The molecule has 0 saturated carbocycles. The van der Waals surface area contributed by atoms with Crippen LogP contribution in [0.25, 0.3) is 10.9 Å². The summed E-state index contributed by atoms with van der Waals surface area (Å²) in [6.07, 6.45) is 1.40. The monoisotopic (exact) mass is 345 g/mol. The Labute approximate surface area is 141 Å². The van der Waals surface area contributed by atoms with Crippen molar-refractivity contribution in [2.45, 2.75) is 6.54 Å². The Balaban J connectivity index is 2.11. The number of fused-ring (bicyclic) bond motifs is 1. The van der Waals surface area contributed by atoms with Gasteiger partial charge < -0.3 is 4.74 Å². The molecule has 0 spiro atoms. The second kappa shape index (κ2) is 6.29. The minimum Gasteiger partial charge on any atom is -0.496 e. The van der Waals surface area contributed by atoms with E-state index >= 15 is 0 Å². The highest BCUT2D eigenvalue weighted by atomic mass is 35.5. The Morgan fingerprint density at radius 3 is 2.79 bits per heavy atom. The van der Waals surface area contributed by atoms with Crippen molar-refractivity contribution in [1.82, 2.24) is 9.55 Å². The number of aromatic nitrogens is 2. The van der Waals surface area contributed by atoms with Crippen LogP contribution >= 0.6 is 11.6 Å². The summed E-state index contributed by atoms with van der Waals surface area (Å²) in [4.78, 5) is 27.2. The first-order valence-corrected chi connectivity index (χ1v) is 7.33. The topological polar surface area (TPSA) is 87.3 Å². The van der Waals surface area contributed by atoms with Crippen LogP contribution in [0.3, 0.4) is 0 Å². The fourth-order valence-electron chi connectivity index (χ4n) is 2.43. The largest absolute Gasteiger partial charge is 0.496 e. The SMILES string of the molecule is COc1ccc(Cl)cc1Cn1cnc2ccc([N+](=O)[O-])cc2c1=O. The van der Waals surface area contributed by atoms with Gasteiger partial charge in [0, 0.05) is 22.7 Å². The molecule has 7 nitrogen and oxygen atoms in total. The summed E-state index contributed by atoms with van der Waals surface area (Å²) in [6, 6.07) is 9.11. The van der Waals surface area contributed by atoms with Crippen LogP contribution in [0.15, 0.2) is 47.5 Å². The van der Waals surface area contributed by atoms with Crippen LogP contribution in [0.5, 0.6) is 5.75 Å². The van der Waals surface area contributed by atoms with E-state index in [4.69, 9.17) is 16.3 Å². The number of nitro benzene ring substituents is 1. The molecule has 0 N–H and O–H groups in total. The van der Waals surface area contributed by atoms with E-state index < -0.39 is 4.92 Å². The molecule has 0 amide bonds. The average Bonchev–Trinajstić information content (AvgIpc) is 2.57. The number of non-ortho nitro benzene ring substituents is 1. The molecule has 0 aliphatic heterocycles. The lowest BCUT2D eigenvalue weighted by molar-refractivity contribution is -0.384. The normalized spacial score (nSPS) is 10.8. The standard InChI is InChI=1S/C16H12ClN3O4/c1-24-15-5-2-11(17)6-10(15)8-19-9-18-14-4-3-12(20(22)23)7-13(14)16(19)21/h2-7,9H,8H2,1H3. The molecule has 24 heavy (non-hydrogen) atoms. The highest BCUT2D eigenvalue weighted by molar-refractivity contribution is 6.30. The molecule has 0 radical (unpaired) electrons. The van der Waals surface area contributed by atoms with Gasteiger partial charge in [-0.3, -0.25) is 19.5 Å². The summed E-state index contributed by atoms with van der Waals surface area (Å²) in [5.74, 6) is 0.588. The third-order valence-corrected chi connectivity index (χ3v) is 3.84. The molecule has 2 aromatic carbocycles. The molecule has 1 aromatic heterocycles. The number of ether oxygens (including phenoxy) is 1. The second-order valence-electron chi connectivity index (χ2n) is 5.09. The predicted molar refractivity (Wildman–Crippen MR) is 89.8 cm³/mol. The van der Waals surface area contributed by atoms with Crippen LogP contribution in [0.1, 0.15) is 5.56 Å². The smallest absolute Gasteiger partial charge is 0.270 e. The van der Waals surface area contributed by atoms with Gasteiger partial charge in [-0.05, 0) is 24.3 Å². The first-order valence-electron chi connectivity index (χ1n) is 6.95. The summed E-state index contributed by atoms with van der Waals surface area (Å²) < 4.78 is 6.63. The van der Waals surface area contributed by atoms with Crippen molar-refractivity contribution in [2.75, 3.05) is 7.11 Å². The number of nitrogens with zero attached hydrogens (tertiary/aromatic N) is 3. The zero-order valence-corrected chi connectivity index (χ0v) is 13.4. The highest BCUT2D eigenvalue weighted by Crippen LogP contribution is 2.23. The number of rotatable bonds is 4. The Bertz CT molecular complexity index is 1000. The number of nitro groups is 1. The number of halogens is 1. The molecule has 0 aliphatic rings. The minimum atomic E-state index is -0.545. The summed E-state index contributed by atoms with van der Waals surface area (Å²) in [5, 5.41) is 11.6. The van der Waals surface area contributed by atoms with Crippen LogP contribution in [0.2, 0.25) is 5.02 Å². The van der Waals surface area contributed by atoms with Gasteiger partial charge in [0.15, 0.2) is 0 Å². The molecule has 122 valence electrons. The van der Waals surface area contributed by atoms with Crippen LogP contribution in [-0.4, -0.2) is 21.6 Å². The summed E-state index contributed by atoms with van der Waals surface area (Å²) >= 11 is 6.00. The van der Waals surface area contributed by atoms with E-state index in [1.165, 1.54) is 36.2 Å². The Morgan fingerprint density at radius 1 is 1.29 bits per heavy atom. The molecule has 8 heteroatoms. The van der Waals surface area contributed by atoms with E-state index in [0.29, 0.717) is 21.9 Å². The van der Waals surface area contributed by atoms with E-state index in [1.807, 2.05) is 0 Å². The third-order valence-electron chi connectivity index (χ3n) is 3.60. The first kappa shape index (κ1) is 15.9. The third kappa shape index (κ3) is 2.93. The molecule has 0 atom stereocenters.